The molecule has 1 aromatic heterocycles. The standard InChI is InChI=1S/C19H17Br2N3O/c1-18(11-19(18,20)21)17(25)23-22-10-12-7-8-16-14(9-12)13-5-3-4-6-15(13)24(16)2/h3-10H,11H2,1-2H3,(H,23,25). The molecule has 3 aromatic rings. The van der Waals surface area contributed by atoms with Crippen molar-refractivity contribution in [3.8, 4) is 0 Å². The maximum atomic E-state index is 12.2. The van der Waals surface area contributed by atoms with E-state index in [9.17, 15) is 4.79 Å². The van der Waals surface area contributed by atoms with Crippen LogP contribution in [0, 0.1) is 5.41 Å². The number of aromatic nitrogens is 1. The minimum atomic E-state index is -0.468. The van der Waals surface area contributed by atoms with E-state index in [2.05, 4.69) is 78.3 Å². The molecule has 6 heteroatoms. The van der Waals surface area contributed by atoms with Crippen molar-refractivity contribution >= 4 is 65.8 Å². The van der Waals surface area contributed by atoms with Crippen LogP contribution < -0.4 is 5.43 Å². The largest absolute Gasteiger partial charge is 0.344 e. The molecule has 2 aromatic carbocycles. The molecule has 1 unspecified atom stereocenters. The molecule has 4 rings (SSSR count). The summed E-state index contributed by atoms with van der Waals surface area (Å²) in [6, 6.07) is 14.5. The van der Waals surface area contributed by atoms with Crippen LogP contribution in [0.15, 0.2) is 47.6 Å². The number of nitrogens with zero attached hydrogens (tertiary/aromatic N) is 2. The molecule has 0 bridgehead atoms. The summed E-state index contributed by atoms with van der Waals surface area (Å²) in [5.74, 6) is -0.0938. The second kappa shape index (κ2) is 5.68. The molecule has 1 N–H and O–H groups in total. The van der Waals surface area contributed by atoms with E-state index in [0.717, 1.165) is 12.0 Å². The van der Waals surface area contributed by atoms with E-state index >= 15 is 0 Å². The van der Waals surface area contributed by atoms with Gasteiger partial charge in [0.2, 0.25) is 5.91 Å². The zero-order chi connectivity index (χ0) is 17.8. The predicted molar refractivity (Wildman–Crippen MR) is 109 cm³/mol. The van der Waals surface area contributed by atoms with Crippen LogP contribution in [0.2, 0.25) is 0 Å². The number of benzene rings is 2. The fourth-order valence-electron chi connectivity index (χ4n) is 3.20. The molecule has 128 valence electrons. The van der Waals surface area contributed by atoms with Gasteiger partial charge in [0, 0.05) is 28.9 Å². The Kier molecular flexibility index (Phi) is 3.81. The lowest BCUT2D eigenvalue weighted by Crippen LogP contribution is -2.29. The molecule has 0 spiro atoms. The Morgan fingerprint density at radius 1 is 1.20 bits per heavy atom. The lowest BCUT2D eigenvalue weighted by Gasteiger charge is -2.09. The van der Waals surface area contributed by atoms with Crippen LogP contribution in [0.4, 0.5) is 0 Å². The number of alkyl halides is 2. The second-order valence-electron chi connectivity index (χ2n) is 6.77. The zero-order valence-corrected chi connectivity index (χ0v) is 17.1. The highest BCUT2D eigenvalue weighted by atomic mass is 79.9. The van der Waals surface area contributed by atoms with Crippen molar-refractivity contribution in [2.75, 3.05) is 0 Å². The molecule has 1 atom stereocenters. The van der Waals surface area contributed by atoms with E-state index in [1.807, 2.05) is 25.1 Å². The summed E-state index contributed by atoms with van der Waals surface area (Å²) in [5, 5.41) is 6.53. The molecule has 0 radical (unpaired) electrons. The highest BCUT2D eigenvalue weighted by molar-refractivity contribution is 9.25. The van der Waals surface area contributed by atoms with E-state index in [0.29, 0.717) is 0 Å². The van der Waals surface area contributed by atoms with Gasteiger partial charge in [-0.05, 0) is 37.1 Å². The summed E-state index contributed by atoms with van der Waals surface area (Å²) in [5.41, 5.74) is 5.51. The topological polar surface area (TPSA) is 46.4 Å². The zero-order valence-electron chi connectivity index (χ0n) is 13.9. The van der Waals surface area contributed by atoms with E-state index < -0.39 is 5.41 Å². The number of amides is 1. The number of carbonyl (C=O) groups excluding carboxylic acids is 1. The minimum Gasteiger partial charge on any atom is -0.344 e. The van der Waals surface area contributed by atoms with Gasteiger partial charge in [-0.15, -0.1) is 0 Å². The van der Waals surface area contributed by atoms with Crippen LogP contribution in [0.3, 0.4) is 0 Å². The summed E-state index contributed by atoms with van der Waals surface area (Å²) in [6.45, 7) is 1.91. The number of para-hydroxylation sites is 1. The molecule has 1 fully saturated rings. The lowest BCUT2D eigenvalue weighted by atomic mass is 10.1. The summed E-state index contributed by atoms with van der Waals surface area (Å²) in [7, 11) is 2.07. The molecular weight excluding hydrogens is 446 g/mol. The van der Waals surface area contributed by atoms with Crippen LogP contribution in [-0.4, -0.2) is 19.9 Å². The highest BCUT2D eigenvalue weighted by Crippen LogP contribution is 2.66. The third-order valence-corrected chi connectivity index (χ3v) is 7.39. The first kappa shape index (κ1) is 16.8. The van der Waals surface area contributed by atoms with Crippen molar-refractivity contribution in [2.45, 2.75) is 16.6 Å². The average molecular weight is 463 g/mol. The molecular formula is C19H17Br2N3O. The van der Waals surface area contributed by atoms with Gasteiger partial charge in [0.25, 0.3) is 0 Å². The Hall–Kier alpha value is -1.66. The van der Waals surface area contributed by atoms with Gasteiger partial charge in [0.1, 0.15) is 0 Å². The van der Waals surface area contributed by atoms with Gasteiger partial charge in [-0.2, -0.15) is 5.10 Å². The van der Waals surface area contributed by atoms with Crippen molar-refractivity contribution in [1.29, 1.82) is 0 Å². The normalized spacial score (nSPS) is 21.9. The van der Waals surface area contributed by atoms with E-state index in [-0.39, 0.29) is 9.14 Å². The smallest absolute Gasteiger partial charge is 0.248 e. The van der Waals surface area contributed by atoms with Gasteiger partial charge < -0.3 is 4.57 Å². The van der Waals surface area contributed by atoms with Crippen molar-refractivity contribution < 1.29 is 4.79 Å². The van der Waals surface area contributed by atoms with Crippen LogP contribution in [-0.2, 0) is 11.8 Å². The van der Waals surface area contributed by atoms with E-state index in [1.54, 1.807) is 6.21 Å². The van der Waals surface area contributed by atoms with Gasteiger partial charge in [-0.25, -0.2) is 5.43 Å². The van der Waals surface area contributed by atoms with Crippen LogP contribution >= 0.6 is 31.9 Å². The first-order chi connectivity index (χ1) is 11.8. The summed E-state index contributed by atoms with van der Waals surface area (Å²) in [6.07, 6.45) is 2.43. The average Bonchev–Trinajstić information content (AvgIpc) is 3.00. The van der Waals surface area contributed by atoms with Crippen molar-refractivity contribution in [1.82, 2.24) is 9.99 Å². The third kappa shape index (κ3) is 2.62. The van der Waals surface area contributed by atoms with E-state index in [1.165, 1.54) is 21.8 Å². The summed E-state index contributed by atoms with van der Waals surface area (Å²) >= 11 is 7.00. The van der Waals surface area contributed by atoms with Crippen molar-refractivity contribution in [3.63, 3.8) is 0 Å². The van der Waals surface area contributed by atoms with Crippen LogP contribution in [0.25, 0.3) is 21.8 Å². The maximum Gasteiger partial charge on any atom is 0.248 e. The molecule has 25 heavy (non-hydrogen) atoms. The SMILES string of the molecule is Cn1c2ccccc2c2cc(C=NNC(=O)C3(C)CC3(Br)Br)ccc21. The minimum absolute atomic E-state index is 0.0938. The monoisotopic (exact) mass is 461 g/mol. The summed E-state index contributed by atoms with van der Waals surface area (Å²) < 4.78 is 1.88. The number of fused-ring (bicyclic) bond motifs is 3. The number of rotatable bonds is 3. The van der Waals surface area contributed by atoms with Gasteiger partial charge in [0.05, 0.1) is 14.9 Å². The number of carbonyl (C=O) groups is 1. The molecule has 1 amide bonds. The fourth-order valence-corrected chi connectivity index (χ4v) is 4.68. The number of nitrogens with one attached hydrogen (secondary N) is 1. The van der Waals surface area contributed by atoms with Crippen LogP contribution in [0.5, 0.6) is 0 Å². The Morgan fingerprint density at radius 2 is 1.88 bits per heavy atom. The first-order valence-electron chi connectivity index (χ1n) is 8.02. The Bertz CT molecular complexity index is 1040. The Labute approximate surface area is 162 Å². The van der Waals surface area contributed by atoms with Gasteiger partial charge >= 0.3 is 0 Å². The Morgan fingerprint density at radius 3 is 2.60 bits per heavy atom. The van der Waals surface area contributed by atoms with Gasteiger partial charge in [0.15, 0.2) is 0 Å². The highest BCUT2D eigenvalue weighted by Gasteiger charge is 2.66. The number of hydrazone groups is 1. The lowest BCUT2D eigenvalue weighted by molar-refractivity contribution is -0.125. The van der Waals surface area contributed by atoms with Gasteiger partial charge in [-0.3, -0.25) is 4.79 Å². The summed E-state index contributed by atoms with van der Waals surface area (Å²) in [4.78, 5) is 12.2. The predicted octanol–water partition coefficient (Wildman–Crippen LogP) is 4.68. The van der Waals surface area contributed by atoms with Crippen LogP contribution in [0.1, 0.15) is 18.9 Å². The van der Waals surface area contributed by atoms with Crippen molar-refractivity contribution in [3.05, 3.63) is 48.0 Å². The number of halogens is 2. The van der Waals surface area contributed by atoms with Crippen molar-refractivity contribution in [2.24, 2.45) is 17.6 Å². The number of aryl methyl sites for hydroxylation is 1. The number of hydrogen-bond acceptors (Lipinski definition) is 2. The second-order valence-corrected chi connectivity index (χ2v) is 10.5. The Balaban J connectivity index is 1.60. The number of hydrogen-bond donors (Lipinski definition) is 1. The molecule has 0 aliphatic heterocycles. The molecule has 4 nitrogen and oxygen atoms in total. The molecule has 0 saturated heterocycles. The quantitative estimate of drug-likeness (QED) is 0.343. The molecule has 1 saturated carbocycles. The van der Waals surface area contributed by atoms with E-state index in [4.69, 9.17) is 0 Å². The molecule has 1 heterocycles. The maximum absolute atomic E-state index is 12.2. The molecule has 1 aliphatic carbocycles. The first-order valence-corrected chi connectivity index (χ1v) is 9.61. The van der Waals surface area contributed by atoms with Gasteiger partial charge in [-0.1, -0.05) is 56.1 Å². The fraction of sp³-hybridized carbons (Fsp3) is 0.263. The molecule has 1 aliphatic rings. The third-order valence-electron chi connectivity index (χ3n) is 5.08.